The van der Waals surface area contributed by atoms with Crippen LogP contribution >= 0.6 is 11.6 Å². The molecule has 1 saturated heterocycles. The van der Waals surface area contributed by atoms with E-state index in [4.69, 9.17) is 16.3 Å². The largest absolute Gasteiger partial charge is 0.381 e. The van der Waals surface area contributed by atoms with Crippen LogP contribution in [0.5, 0.6) is 0 Å². The van der Waals surface area contributed by atoms with E-state index in [1.54, 1.807) is 6.07 Å². The van der Waals surface area contributed by atoms with Crippen LogP contribution in [0.3, 0.4) is 0 Å². The third-order valence-electron chi connectivity index (χ3n) is 3.50. The molecule has 0 radical (unpaired) electrons. The molecule has 1 aliphatic rings. The van der Waals surface area contributed by atoms with Gasteiger partial charge in [-0.15, -0.1) is 0 Å². The van der Waals surface area contributed by atoms with Crippen molar-refractivity contribution in [2.45, 2.75) is 18.8 Å². The van der Waals surface area contributed by atoms with Gasteiger partial charge in [0.05, 0.1) is 5.69 Å². The van der Waals surface area contributed by atoms with Crippen molar-refractivity contribution in [2.24, 2.45) is 0 Å². The Bertz CT molecular complexity index is 714. The molecule has 0 aliphatic carbocycles. The van der Waals surface area contributed by atoms with E-state index in [0.29, 0.717) is 30.3 Å². The predicted molar refractivity (Wildman–Crippen MR) is 75.9 cm³/mol. The van der Waals surface area contributed by atoms with E-state index >= 15 is 0 Å². The predicted octanol–water partition coefficient (Wildman–Crippen LogP) is 2.52. The van der Waals surface area contributed by atoms with Crippen molar-refractivity contribution in [2.75, 3.05) is 13.2 Å². The summed E-state index contributed by atoms with van der Waals surface area (Å²) in [5, 5.41) is 0.0974. The maximum absolute atomic E-state index is 13.2. The fraction of sp³-hybridized carbons (Fsp3) is 0.357. The fourth-order valence-electron chi connectivity index (χ4n) is 2.40. The first kappa shape index (κ1) is 14.2. The monoisotopic (exact) mass is 309 g/mol. The maximum Gasteiger partial charge on any atom is 0.270 e. The highest BCUT2D eigenvalue weighted by Crippen LogP contribution is 2.30. The number of nitrogens with zero attached hydrogens (tertiary/aromatic N) is 2. The lowest BCUT2D eigenvalue weighted by Gasteiger charge is -2.22. The van der Waals surface area contributed by atoms with Gasteiger partial charge < -0.3 is 9.72 Å². The normalized spacial score (nSPS) is 16.1. The summed E-state index contributed by atoms with van der Waals surface area (Å²) < 4.78 is 18.5. The minimum absolute atomic E-state index is 0.0824. The van der Waals surface area contributed by atoms with Crippen LogP contribution < -0.4 is 5.56 Å². The summed E-state index contributed by atoms with van der Waals surface area (Å²) in [5.41, 5.74) is 0.598. The van der Waals surface area contributed by atoms with E-state index in [0.717, 1.165) is 12.8 Å². The Morgan fingerprint density at radius 2 is 2.14 bits per heavy atom. The molecule has 5 nitrogen and oxygen atoms in total. The molecule has 0 bridgehead atoms. The van der Waals surface area contributed by atoms with Crippen LogP contribution in [-0.2, 0) is 4.74 Å². The number of ether oxygens (including phenoxy) is 1. The SMILES string of the molecule is O=c1[nH]c(-c2ccnc(F)c2)nc(C2CCOCC2)c1Cl. The standard InChI is InChI=1S/C14H13ClFN3O2/c15-11-12(8-2-5-21-6-3-8)18-13(19-14(11)20)9-1-4-17-10(16)7-9/h1,4,7-8H,2-3,5-6H2,(H,18,19,20). The number of rotatable bonds is 2. The molecule has 1 fully saturated rings. The molecule has 0 atom stereocenters. The average molecular weight is 310 g/mol. The summed E-state index contributed by atoms with van der Waals surface area (Å²) in [6, 6.07) is 2.81. The van der Waals surface area contributed by atoms with Crippen LogP contribution in [0.4, 0.5) is 4.39 Å². The lowest BCUT2D eigenvalue weighted by Crippen LogP contribution is -2.20. The van der Waals surface area contributed by atoms with Gasteiger partial charge in [0.25, 0.3) is 5.56 Å². The molecule has 1 aliphatic heterocycles. The zero-order valence-corrected chi connectivity index (χ0v) is 11.9. The van der Waals surface area contributed by atoms with Crippen LogP contribution in [-0.4, -0.2) is 28.2 Å². The molecule has 21 heavy (non-hydrogen) atoms. The van der Waals surface area contributed by atoms with Gasteiger partial charge in [0, 0.05) is 37.0 Å². The lowest BCUT2D eigenvalue weighted by molar-refractivity contribution is 0.0845. The number of nitrogens with one attached hydrogen (secondary N) is 1. The van der Waals surface area contributed by atoms with Gasteiger partial charge in [-0.2, -0.15) is 4.39 Å². The second-order valence-corrected chi connectivity index (χ2v) is 5.25. The summed E-state index contributed by atoms with van der Waals surface area (Å²) >= 11 is 6.08. The number of H-pyrrole nitrogens is 1. The van der Waals surface area contributed by atoms with Gasteiger partial charge in [-0.05, 0) is 18.9 Å². The van der Waals surface area contributed by atoms with E-state index in [2.05, 4.69) is 15.0 Å². The molecule has 7 heteroatoms. The van der Waals surface area contributed by atoms with Gasteiger partial charge in [0.1, 0.15) is 10.8 Å². The van der Waals surface area contributed by atoms with Gasteiger partial charge in [0.2, 0.25) is 5.95 Å². The van der Waals surface area contributed by atoms with E-state index in [-0.39, 0.29) is 10.9 Å². The molecule has 110 valence electrons. The van der Waals surface area contributed by atoms with E-state index in [1.807, 2.05) is 0 Å². The van der Waals surface area contributed by atoms with Gasteiger partial charge >= 0.3 is 0 Å². The quantitative estimate of drug-likeness (QED) is 0.866. The van der Waals surface area contributed by atoms with Crippen molar-refractivity contribution in [3.8, 4) is 11.4 Å². The Balaban J connectivity index is 2.07. The van der Waals surface area contributed by atoms with Gasteiger partial charge in [0.15, 0.2) is 0 Å². The molecular formula is C14H13ClFN3O2. The van der Waals surface area contributed by atoms with Crippen molar-refractivity contribution < 1.29 is 9.13 Å². The molecule has 3 heterocycles. The average Bonchev–Trinajstić information content (AvgIpc) is 2.51. The summed E-state index contributed by atoms with van der Waals surface area (Å²) in [6.07, 6.45) is 2.86. The Morgan fingerprint density at radius 1 is 1.38 bits per heavy atom. The summed E-state index contributed by atoms with van der Waals surface area (Å²) in [7, 11) is 0. The lowest BCUT2D eigenvalue weighted by atomic mass is 9.96. The Labute approximate surface area is 125 Å². The molecule has 0 amide bonds. The van der Waals surface area contributed by atoms with E-state index in [9.17, 15) is 9.18 Å². The van der Waals surface area contributed by atoms with Crippen molar-refractivity contribution in [3.63, 3.8) is 0 Å². The third kappa shape index (κ3) is 2.96. The number of halogens is 2. The number of hydrogen-bond donors (Lipinski definition) is 1. The van der Waals surface area contributed by atoms with Gasteiger partial charge in [-0.1, -0.05) is 11.6 Å². The Morgan fingerprint density at radius 3 is 2.86 bits per heavy atom. The van der Waals surface area contributed by atoms with E-state index in [1.165, 1.54) is 12.3 Å². The highest BCUT2D eigenvalue weighted by atomic mass is 35.5. The molecule has 0 aromatic carbocycles. The van der Waals surface area contributed by atoms with Crippen molar-refractivity contribution in [1.82, 2.24) is 15.0 Å². The highest BCUT2D eigenvalue weighted by molar-refractivity contribution is 6.31. The number of pyridine rings is 1. The van der Waals surface area contributed by atoms with Crippen LogP contribution in [0.2, 0.25) is 5.02 Å². The number of aromatic amines is 1. The van der Waals surface area contributed by atoms with Crippen LogP contribution in [0, 0.1) is 5.95 Å². The topological polar surface area (TPSA) is 67.9 Å². The highest BCUT2D eigenvalue weighted by Gasteiger charge is 2.22. The molecule has 0 saturated carbocycles. The number of aromatic nitrogens is 3. The molecule has 3 rings (SSSR count). The molecule has 0 unspecified atom stereocenters. The molecule has 2 aromatic heterocycles. The van der Waals surface area contributed by atoms with Crippen LogP contribution in [0.15, 0.2) is 23.1 Å². The molecule has 1 N–H and O–H groups in total. The number of hydrogen-bond acceptors (Lipinski definition) is 4. The Kier molecular flexibility index (Phi) is 3.98. The zero-order chi connectivity index (χ0) is 14.8. The van der Waals surface area contributed by atoms with Crippen LogP contribution in [0.1, 0.15) is 24.5 Å². The first-order chi connectivity index (χ1) is 10.1. The van der Waals surface area contributed by atoms with E-state index < -0.39 is 11.5 Å². The maximum atomic E-state index is 13.2. The molecular weight excluding hydrogens is 297 g/mol. The molecule has 0 spiro atoms. The third-order valence-corrected chi connectivity index (χ3v) is 3.86. The first-order valence-corrected chi connectivity index (χ1v) is 7.02. The minimum Gasteiger partial charge on any atom is -0.381 e. The first-order valence-electron chi connectivity index (χ1n) is 6.64. The second kappa shape index (κ2) is 5.91. The van der Waals surface area contributed by atoms with Crippen molar-refractivity contribution in [1.29, 1.82) is 0 Å². The zero-order valence-electron chi connectivity index (χ0n) is 11.1. The Hall–Kier alpha value is -1.79. The van der Waals surface area contributed by atoms with Crippen molar-refractivity contribution in [3.05, 3.63) is 45.3 Å². The van der Waals surface area contributed by atoms with Gasteiger partial charge in [-0.3, -0.25) is 4.79 Å². The van der Waals surface area contributed by atoms with Crippen LogP contribution in [0.25, 0.3) is 11.4 Å². The second-order valence-electron chi connectivity index (χ2n) is 4.87. The molecule has 2 aromatic rings. The summed E-state index contributed by atoms with van der Waals surface area (Å²) in [5.74, 6) is -0.246. The summed E-state index contributed by atoms with van der Waals surface area (Å²) in [4.78, 5) is 22.5. The minimum atomic E-state index is -0.627. The fourth-order valence-corrected chi connectivity index (χ4v) is 2.65. The smallest absolute Gasteiger partial charge is 0.270 e. The van der Waals surface area contributed by atoms with Crippen molar-refractivity contribution >= 4 is 11.6 Å². The van der Waals surface area contributed by atoms with Gasteiger partial charge in [-0.25, -0.2) is 9.97 Å². The summed E-state index contributed by atoms with van der Waals surface area (Å²) in [6.45, 7) is 1.24.